The normalized spacial score (nSPS) is 14.8. The van der Waals surface area contributed by atoms with Crippen molar-refractivity contribution in [3.8, 4) is 11.1 Å². The summed E-state index contributed by atoms with van der Waals surface area (Å²) >= 11 is 0. The van der Waals surface area contributed by atoms with Crippen molar-refractivity contribution >= 4 is 11.6 Å². The second-order valence-electron chi connectivity index (χ2n) is 7.38. The van der Waals surface area contributed by atoms with Gasteiger partial charge in [-0.15, -0.1) is 0 Å². The third-order valence-electron chi connectivity index (χ3n) is 5.18. The fourth-order valence-corrected chi connectivity index (χ4v) is 3.64. The van der Waals surface area contributed by atoms with E-state index in [2.05, 4.69) is 51.3 Å². The van der Waals surface area contributed by atoms with E-state index < -0.39 is 0 Å². The maximum Gasteiger partial charge on any atom is 0.255 e. The van der Waals surface area contributed by atoms with Gasteiger partial charge in [-0.1, -0.05) is 19.1 Å². The van der Waals surface area contributed by atoms with E-state index in [4.69, 9.17) is 0 Å². The Labute approximate surface area is 162 Å². The molecule has 2 heterocycles. The zero-order valence-corrected chi connectivity index (χ0v) is 16.6. The molecule has 0 atom stereocenters. The number of rotatable bonds is 6. The van der Waals surface area contributed by atoms with E-state index in [1.807, 2.05) is 26.4 Å². The summed E-state index contributed by atoms with van der Waals surface area (Å²) in [6.45, 7) is 4.89. The Hall–Kier alpha value is -2.40. The summed E-state index contributed by atoms with van der Waals surface area (Å²) in [4.78, 5) is 21.7. The molecule has 2 aromatic rings. The van der Waals surface area contributed by atoms with Crippen LogP contribution in [0.1, 0.15) is 36.5 Å². The van der Waals surface area contributed by atoms with Gasteiger partial charge in [0, 0.05) is 50.3 Å². The molecule has 1 fully saturated rings. The lowest BCUT2D eigenvalue weighted by atomic mass is 10.0. The van der Waals surface area contributed by atoms with Crippen molar-refractivity contribution in [3.63, 3.8) is 0 Å². The molecular weight excluding hydrogens is 336 g/mol. The van der Waals surface area contributed by atoms with Gasteiger partial charge in [0.25, 0.3) is 5.91 Å². The highest BCUT2D eigenvalue weighted by Crippen LogP contribution is 2.24. The number of hydrogen-bond donors (Lipinski definition) is 1. The van der Waals surface area contributed by atoms with Crippen molar-refractivity contribution < 1.29 is 4.79 Å². The van der Waals surface area contributed by atoms with Gasteiger partial charge < -0.3 is 15.1 Å². The van der Waals surface area contributed by atoms with Gasteiger partial charge in [0.2, 0.25) is 0 Å². The standard InChI is InChI=1S/C22H30N4O/c1-4-13-26(21-9-11-23-12-10-21)22(27)19-14-18(15-24-16-19)17-5-7-20(8-6-17)25(2)3/h5-8,14-16,21,23H,4,9-13H2,1-3H3. The van der Waals surface area contributed by atoms with Gasteiger partial charge >= 0.3 is 0 Å². The van der Waals surface area contributed by atoms with E-state index in [1.54, 1.807) is 6.20 Å². The summed E-state index contributed by atoms with van der Waals surface area (Å²) in [5.74, 6) is 0.100. The van der Waals surface area contributed by atoms with Gasteiger partial charge in [-0.2, -0.15) is 0 Å². The Bertz CT molecular complexity index is 751. The number of hydrogen-bond acceptors (Lipinski definition) is 4. The molecule has 0 aliphatic carbocycles. The van der Waals surface area contributed by atoms with E-state index in [1.165, 1.54) is 0 Å². The molecule has 27 heavy (non-hydrogen) atoms. The number of carbonyl (C=O) groups excluding carboxylic acids is 1. The molecule has 0 saturated carbocycles. The molecule has 1 amide bonds. The first-order valence-corrected chi connectivity index (χ1v) is 9.84. The fourth-order valence-electron chi connectivity index (χ4n) is 3.64. The molecule has 0 radical (unpaired) electrons. The van der Waals surface area contributed by atoms with Crippen molar-refractivity contribution in [1.82, 2.24) is 15.2 Å². The first-order valence-electron chi connectivity index (χ1n) is 9.84. The van der Waals surface area contributed by atoms with Crippen LogP contribution in [0.25, 0.3) is 11.1 Å². The highest BCUT2D eigenvalue weighted by molar-refractivity contribution is 5.95. The number of nitrogens with one attached hydrogen (secondary N) is 1. The third-order valence-corrected chi connectivity index (χ3v) is 5.18. The summed E-state index contributed by atoms with van der Waals surface area (Å²) in [6.07, 6.45) is 6.53. The van der Waals surface area contributed by atoms with Gasteiger partial charge in [-0.3, -0.25) is 9.78 Å². The second kappa shape index (κ2) is 9.00. The quantitative estimate of drug-likeness (QED) is 0.851. The minimum absolute atomic E-state index is 0.100. The molecule has 144 valence electrons. The number of benzene rings is 1. The maximum absolute atomic E-state index is 13.2. The lowest BCUT2D eigenvalue weighted by Crippen LogP contribution is -2.46. The molecule has 1 aromatic heterocycles. The summed E-state index contributed by atoms with van der Waals surface area (Å²) in [5, 5.41) is 3.38. The highest BCUT2D eigenvalue weighted by Gasteiger charge is 2.25. The Morgan fingerprint density at radius 3 is 2.44 bits per heavy atom. The summed E-state index contributed by atoms with van der Waals surface area (Å²) in [5.41, 5.74) is 3.88. The molecule has 3 rings (SSSR count). The van der Waals surface area contributed by atoms with Crippen LogP contribution in [0, 0.1) is 0 Å². The van der Waals surface area contributed by atoms with E-state index >= 15 is 0 Å². The fraction of sp³-hybridized carbons (Fsp3) is 0.455. The van der Waals surface area contributed by atoms with Gasteiger partial charge in [0.1, 0.15) is 0 Å². The predicted octanol–water partition coefficient (Wildman–Crippen LogP) is 3.42. The SMILES string of the molecule is CCCN(C(=O)c1cncc(-c2ccc(N(C)C)cc2)c1)C1CCNCC1. The molecule has 1 aliphatic rings. The molecule has 0 spiro atoms. The Morgan fingerprint density at radius 2 is 1.81 bits per heavy atom. The first kappa shape index (κ1) is 19.4. The Morgan fingerprint density at radius 1 is 1.11 bits per heavy atom. The van der Waals surface area contributed by atoms with Crippen LogP contribution in [0.4, 0.5) is 5.69 Å². The minimum atomic E-state index is 0.100. The molecular formula is C22H30N4O. The van der Waals surface area contributed by atoms with Crippen LogP contribution in [-0.4, -0.2) is 55.6 Å². The van der Waals surface area contributed by atoms with Gasteiger partial charge in [0.05, 0.1) is 5.56 Å². The minimum Gasteiger partial charge on any atom is -0.378 e. The molecule has 1 saturated heterocycles. The average Bonchev–Trinajstić information content (AvgIpc) is 2.72. The van der Waals surface area contributed by atoms with Crippen molar-refractivity contribution in [1.29, 1.82) is 0 Å². The average molecular weight is 367 g/mol. The number of nitrogens with zero attached hydrogens (tertiary/aromatic N) is 3. The molecule has 1 aliphatic heterocycles. The zero-order valence-electron chi connectivity index (χ0n) is 16.6. The summed E-state index contributed by atoms with van der Waals surface area (Å²) < 4.78 is 0. The summed E-state index contributed by atoms with van der Waals surface area (Å²) in [6, 6.07) is 10.6. The molecule has 1 aromatic carbocycles. The van der Waals surface area contributed by atoms with Crippen molar-refractivity contribution in [3.05, 3.63) is 48.3 Å². The molecule has 0 unspecified atom stereocenters. The lowest BCUT2D eigenvalue weighted by molar-refractivity contribution is 0.0642. The Kier molecular flexibility index (Phi) is 6.45. The monoisotopic (exact) mass is 366 g/mol. The molecule has 1 N–H and O–H groups in total. The summed E-state index contributed by atoms with van der Waals surface area (Å²) in [7, 11) is 4.05. The predicted molar refractivity (Wildman–Crippen MR) is 111 cm³/mol. The smallest absolute Gasteiger partial charge is 0.255 e. The Balaban J connectivity index is 1.83. The number of piperidine rings is 1. The van der Waals surface area contributed by atoms with E-state index in [0.29, 0.717) is 11.6 Å². The van der Waals surface area contributed by atoms with Crippen LogP contribution in [0.3, 0.4) is 0 Å². The van der Waals surface area contributed by atoms with Crippen LogP contribution in [0.15, 0.2) is 42.7 Å². The van der Waals surface area contributed by atoms with Crippen LogP contribution in [-0.2, 0) is 0 Å². The van der Waals surface area contributed by atoms with E-state index in [-0.39, 0.29) is 5.91 Å². The molecule has 5 heteroatoms. The number of carbonyl (C=O) groups is 1. The van der Waals surface area contributed by atoms with Crippen molar-refractivity contribution in [2.75, 3.05) is 38.6 Å². The first-order chi connectivity index (χ1) is 13.1. The van der Waals surface area contributed by atoms with E-state index in [0.717, 1.165) is 55.7 Å². The van der Waals surface area contributed by atoms with Gasteiger partial charge in [0.15, 0.2) is 0 Å². The zero-order chi connectivity index (χ0) is 19.2. The van der Waals surface area contributed by atoms with Crippen LogP contribution in [0.5, 0.6) is 0 Å². The third kappa shape index (κ3) is 4.66. The lowest BCUT2D eigenvalue weighted by Gasteiger charge is -2.34. The maximum atomic E-state index is 13.2. The number of aromatic nitrogens is 1. The second-order valence-corrected chi connectivity index (χ2v) is 7.38. The topological polar surface area (TPSA) is 48.5 Å². The number of pyridine rings is 1. The molecule has 5 nitrogen and oxygen atoms in total. The molecule has 0 bridgehead atoms. The number of amides is 1. The van der Waals surface area contributed by atoms with Crippen LogP contribution in [0.2, 0.25) is 0 Å². The van der Waals surface area contributed by atoms with Crippen molar-refractivity contribution in [2.45, 2.75) is 32.2 Å². The van der Waals surface area contributed by atoms with Crippen LogP contribution < -0.4 is 10.2 Å². The number of anilines is 1. The van der Waals surface area contributed by atoms with Crippen molar-refractivity contribution in [2.24, 2.45) is 0 Å². The largest absolute Gasteiger partial charge is 0.378 e. The van der Waals surface area contributed by atoms with Gasteiger partial charge in [-0.25, -0.2) is 0 Å². The van der Waals surface area contributed by atoms with Crippen LogP contribution >= 0.6 is 0 Å². The van der Waals surface area contributed by atoms with E-state index in [9.17, 15) is 4.79 Å². The highest BCUT2D eigenvalue weighted by atomic mass is 16.2. The van der Waals surface area contributed by atoms with Gasteiger partial charge in [-0.05, 0) is 56.1 Å².